The van der Waals surface area contributed by atoms with Crippen molar-refractivity contribution in [1.82, 2.24) is 15.3 Å². The van der Waals surface area contributed by atoms with E-state index in [9.17, 15) is 4.79 Å². The van der Waals surface area contributed by atoms with Gasteiger partial charge < -0.3 is 20.0 Å². The highest BCUT2D eigenvalue weighted by Gasteiger charge is 2.21. The van der Waals surface area contributed by atoms with Gasteiger partial charge in [-0.25, -0.2) is 4.98 Å². The monoisotopic (exact) mass is 481 g/mol. The summed E-state index contributed by atoms with van der Waals surface area (Å²) < 4.78 is 5.74. The van der Waals surface area contributed by atoms with Crippen LogP contribution in [0.15, 0.2) is 96.0 Å². The molecule has 1 fully saturated rings. The summed E-state index contributed by atoms with van der Waals surface area (Å²) >= 11 is 0. The van der Waals surface area contributed by atoms with Crippen molar-refractivity contribution in [3.8, 4) is 0 Å². The van der Waals surface area contributed by atoms with Crippen molar-refractivity contribution in [2.24, 2.45) is 0 Å². The minimum Gasteiger partial charge on any atom is -0.469 e. The van der Waals surface area contributed by atoms with E-state index in [4.69, 9.17) is 4.42 Å². The molecule has 0 bridgehead atoms. The van der Waals surface area contributed by atoms with Crippen LogP contribution in [0.25, 0.3) is 0 Å². The van der Waals surface area contributed by atoms with E-state index < -0.39 is 0 Å². The SMILES string of the molecule is O=C(Nc1ccc(N2CCC(NCCC(c3ccccc3)c3ccco3)CC2)cc1)c1cnccn1. The van der Waals surface area contributed by atoms with Crippen LogP contribution in [0, 0.1) is 0 Å². The number of carbonyl (C=O) groups excluding carboxylic acids is 1. The molecule has 0 radical (unpaired) electrons. The van der Waals surface area contributed by atoms with Gasteiger partial charge in [-0.2, -0.15) is 0 Å². The number of benzene rings is 2. The van der Waals surface area contributed by atoms with Crippen molar-refractivity contribution < 1.29 is 9.21 Å². The molecule has 36 heavy (non-hydrogen) atoms. The molecule has 4 aromatic rings. The lowest BCUT2D eigenvalue weighted by atomic mass is 9.93. The predicted molar refractivity (Wildman–Crippen MR) is 141 cm³/mol. The average Bonchev–Trinajstić information content (AvgIpc) is 3.48. The molecule has 2 aromatic carbocycles. The van der Waals surface area contributed by atoms with Crippen molar-refractivity contribution >= 4 is 17.3 Å². The fraction of sp³-hybridized carbons (Fsp3) is 0.276. The van der Waals surface area contributed by atoms with Crippen LogP contribution in [0.5, 0.6) is 0 Å². The number of piperidine rings is 1. The van der Waals surface area contributed by atoms with Gasteiger partial charge in [0.2, 0.25) is 0 Å². The minimum atomic E-state index is -0.260. The molecule has 0 saturated carbocycles. The van der Waals surface area contributed by atoms with E-state index in [1.54, 1.807) is 12.5 Å². The molecule has 5 rings (SSSR count). The molecule has 7 nitrogen and oxygen atoms in total. The number of furan rings is 1. The third kappa shape index (κ3) is 5.98. The lowest BCUT2D eigenvalue weighted by Gasteiger charge is -2.34. The minimum absolute atomic E-state index is 0.260. The van der Waals surface area contributed by atoms with Crippen molar-refractivity contribution in [3.63, 3.8) is 0 Å². The number of rotatable bonds is 9. The number of hydrogen-bond donors (Lipinski definition) is 2. The molecule has 0 aliphatic carbocycles. The van der Waals surface area contributed by atoms with E-state index in [-0.39, 0.29) is 11.8 Å². The zero-order valence-electron chi connectivity index (χ0n) is 20.2. The molecule has 2 aromatic heterocycles. The normalized spacial score (nSPS) is 14.9. The van der Waals surface area contributed by atoms with Gasteiger partial charge in [0.25, 0.3) is 5.91 Å². The Morgan fingerprint density at radius 3 is 2.50 bits per heavy atom. The van der Waals surface area contributed by atoms with Gasteiger partial charge in [0.15, 0.2) is 0 Å². The van der Waals surface area contributed by atoms with Gasteiger partial charge in [-0.3, -0.25) is 9.78 Å². The standard InChI is InChI=1S/C29H31N5O2/c35-29(27-21-30-16-17-32-27)33-24-8-10-25(11-9-24)34-18-13-23(14-19-34)31-15-12-26(28-7-4-20-36-28)22-5-2-1-3-6-22/h1-11,16-17,20-21,23,26,31H,12-15,18-19H2,(H,33,35). The van der Waals surface area contributed by atoms with Crippen LogP contribution in [0.1, 0.15) is 47.0 Å². The van der Waals surface area contributed by atoms with Gasteiger partial charge in [0.05, 0.1) is 12.5 Å². The first kappa shape index (κ1) is 23.8. The molecule has 1 saturated heterocycles. The summed E-state index contributed by atoms with van der Waals surface area (Å²) in [6.45, 7) is 2.96. The largest absolute Gasteiger partial charge is 0.469 e. The smallest absolute Gasteiger partial charge is 0.275 e. The van der Waals surface area contributed by atoms with Crippen LogP contribution in [0.4, 0.5) is 11.4 Å². The van der Waals surface area contributed by atoms with Gasteiger partial charge >= 0.3 is 0 Å². The van der Waals surface area contributed by atoms with Gasteiger partial charge in [0.1, 0.15) is 11.5 Å². The molecular weight excluding hydrogens is 450 g/mol. The Labute approximate surface area is 211 Å². The maximum atomic E-state index is 12.3. The number of anilines is 2. The highest BCUT2D eigenvalue weighted by atomic mass is 16.3. The number of hydrogen-bond acceptors (Lipinski definition) is 6. The van der Waals surface area contributed by atoms with Crippen molar-refractivity contribution in [1.29, 1.82) is 0 Å². The lowest BCUT2D eigenvalue weighted by molar-refractivity contribution is 0.102. The molecular formula is C29H31N5O2. The summed E-state index contributed by atoms with van der Waals surface area (Å²) in [6.07, 6.45) is 9.47. The molecule has 1 atom stereocenters. The number of aromatic nitrogens is 2. The van der Waals surface area contributed by atoms with Crippen LogP contribution >= 0.6 is 0 Å². The van der Waals surface area contributed by atoms with Gasteiger partial charge in [0, 0.05) is 48.8 Å². The lowest BCUT2D eigenvalue weighted by Crippen LogP contribution is -2.43. The Hall–Kier alpha value is -3.97. The summed E-state index contributed by atoms with van der Waals surface area (Å²) in [4.78, 5) is 22.7. The first-order chi connectivity index (χ1) is 17.8. The van der Waals surface area contributed by atoms with E-state index in [1.165, 1.54) is 23.6 Å². The maximum Gasteiger partial charge on any atom is 0.275 e. The van der Waals surface area contributed by atoms with E-state index in [2.05, 4.69) is 74.0 Å². The Kier molecular flexibility index (Phi) is 7.68. The summed E-state index contributed by atoms with van der Waals surface area (Å²) in [7, 11) is 0. The van der Waals surface area contributed by atoms with Crippen LogP contribution in [-0.4, -0.2) is 41.6 Å². The van der Waals surface area contributed by atoms with Crippen molar-refractivity contribution in [2.45, 2.75) is 31.2 Å². The Bertz CT molecular complexity index is 1210. The zero-order chi connectivity index (χ0) is 24.6. The molecule has 3 heterocycles. The van der Waals surface area contributed by atoms with Crippen LogP contribution < -0.4 is 15.5 Å². The number of nitrogens with one attached hydrogen (secondary N) is 2. The average molecular weight is 482 g/mol. The second-order valence-corrected chi connectivity index (χ2v) is 9.07. The number of nitrogens with zero attached hydrogens (tertiary/aromatic N) is 3. The Balaban J connectivity index is 1.09. The summed E-state index contributed by atoms with van der Waals surface area (Å²) in [5.74, 6) is 1.03. The van der Waals surface area contributed by atoms with Crippen LogP contribution in [0.2, 0.25) is 0 Å². The Morgan fingerprint density at radius 2 is 1.81 bits per heavy atom. The van der Waals surface area contributed by atoms with E-state index >= 15 is 0 Å². The van der Waals surface area contributed by atoms with Gasteiger partial charge in [-0.1, -0.05) is 30.3 Å². The van der Waals surface area contributed by atoms with E-state index in [0.717, 1.165) is 50.3 Å². The van der Waals surface area contributed by atoms with Gasteiger partial charge in [-0.15, -0.1) is 0 Å². The second kappa shape index (κ2) is 11.6. The topological polar surface area (TPSA) is 83.3 Å². The summed E-state index contributed by atoms with van der Waals surface area (Å²) in [5, 5.41) is 6.65. The van der Waals surface area contributed by atoms with E-state index in [0.29, 0.717) is 11.7 Å². The predicted octanol–water partition coefficient (Wildman–Crippen LogP) is 5.10. The molecule has 1 unspecified atom stereocenters. The van der Waals surface area contributed by atoms with Crippen LogP contribution in [0.3, 0.4) is 0 Å². The first-order valence-corrected chi connectivity index (χ1v) is 12.5. The highest BCUT2D eigenvalue weighted by Crippen LogP contribution is 2.28. The fourth-order valence-corrected chi connectivity index (χ4v) is 4.79. The quantitative estimate of drug-likeness (QED) is 0.346. The molecule has 0 spiro atoms. The Morgan fingerprint density at radius 1 is 1.00 bits per heavy atom. The van der Waals surface area contributed by atoms with Crippen molar-refractivity contribution in [2.75, 3.05) is 29.9 Å². The summed E-state index contributed by atoms with van der Waals surface area (Å²) in [6, 6.07) is 23.1. The zero-order valence-corrected chi connectivity index (χ0v) is 20.2. The number of carbonyl (C=O) groups is 1. The van der Waals surface area contributed by atoms with Crippen molar-refractivity contribution in [3.05, 3.63) is 109 Å². The third-order valence-electron chi connectivity index (χ3n) is 6.74. The molecule has 1 aliphatic heterocycles. The number of amides is 1. The molecule has 7 heteroatoms. The molecule has 1 aliphatic rings. The molecule has 184 valence electrons. The van der Waals surface area contributed by atoms with Crippen LogP contribution in [-0.2, 0) is 0 Å². The van der Waals surface area contributed by atoms with Gasteiger partial charge in [-0.05, 0) is 67.8 Å². The third-order valence-corrected chi connectivity index (χ3v) is 6.74. The van der Waals surface area contributed by atoms with E-state index in [1.807, 2.05) is 18.2 Å². The summed E-state index contributed by atoms with van der Waals surface area (Å²) in [5.41, 5.74) is 3.51. The highest BCUT2D eigenvalue weighted by molar-refractivity contribution is 6.02. The first-order valence-electron chi connectivity index (χ1n) is 12.5. The molecule has 1 amide bonds. The fourth-order valence-electron chi connectivity index (χ4n) is 4.79. The maximum absolute atomic E-state index is 12.3. The second-order valence-electron chi connectivity index (χ2n) is 9.07. The molecule has 2 N–H and O–H groups in total.